The number of nitrogen functional groups attached to an aromatic ring is 1. The Balaban J connectivity index is 2.55. The zero-order chi connectivity index (χ0) is 13.5. The van der Waals surface area contributed by atoms with Crippen LogP contribution in [0.4, 0.5) is 5.69 Å². The molecule has 1 amide bonds. The van der Waals surface area contributed by atoms with Crippen LogP contribution in [0.1, 0.15) is 26.3 Å². The molecule has 0 aliphatic rings. The maximum atomic E-state index is 11.9. The molecule has 0 aliphatic carbocycles. The highest BCUT2D eigenvalue weighted by molar-refractivity contribution is 5.77. The third-order valence-corrected chi connectivity index (χ3v) is 2.63. The lowest BCUT2D eigenvalue weighted by Crippen LogP contribution is -2.34. The van der Waals surface area contributed by atoms with Crippen LogP contribution in [0.25, 0.3) is 0 Å². The number of hydrogen-bond acceptors (Lipinski definition) is 3. The van der Waals surface area contributed by atoms with Gasteiger partial charge >= 0.3 is 0 Å². The van der Waals surface area contributed by atoms with Crippen molar-refractivity contribution in [1.29, 1.82) is 0 Å². The summed E-state index contributed by atoms with van der Waals surface area (Å²) < 4.78 is 5.33. The van der Waals surface area contributed by atoms with Crippen LogP contribution in [0.2, 0.25) is 0 Å². The van der Waals surface area contributed by atoms with Gasteiger partial charge in [0.15, 0.2) is 0 Å². The number of benzene rings is 1. The number of likely N-dealkylation sites (N-methyl/N-ethyl adjacent to an activating group) is 1. The van der Waals surface area contributed by atoms with Crippen LogP contribution >= 0.6 is 0 Å². The van der Waals surface area contributed by atoms with Gasteiger partial charge in [0.2, 0.25) is 5.91 Å². The van der Waals surface area contributed by atoms with Crippen molar-refractivity contribution in [3.05, 3.63) is 29.8 Å². The van der Waals surface area contributed by atoms with Gasteiger partial charge in [0.05, 0.1) is 6.10 Å². The Morgan fingerprint density at radius 3 is 2.44 bits per heavy atom. The third kappa shape index (κ3) is 4.75. The molecule has 1 rings (SSSR count). The molecule has 4 heteroatoms. The SMILES string of the molecule is CCN(Cc1ccc(N)cc1)C(=O)COC(C)C. The predicted molar refractivity (Wildman–Crippen MR) is 73.0 cm³/mol. The summed E-state index contributed by atoms with van der Waals surface area (Å²) in [5.74, 6) is 0.0167. The molecule has 100 valence electrons. The molecule has 0 fully saturated rings. The van der Waals surface area contributed by atoms with Gasteiger partial charge in [-0.25, -0.2) is 0 Å². The van der Waals surface area contributed by atoms with Crippen molar-refractivity contribution in [2.45, 2.75) is 33.4 Å². The number of ether oxygens (including phenoxy) is 1. The van der Waals surface area contributed by atoms with Crippen LogP contribution < -0.4 is 5.73 Å². The summed E-state index contributed by atoms with van der Waals surface area (Å²) in [4.78, 5) is 13.7. The Labute approximate surface area is 109 Å². The molecule has 0 aromatic heterocycles. The molecule has 0 spiro atoms. The Morgan fingerprint density at radius 2 is 1.94 bits per heavy atom. The highest BCUT2D eigenvalue weighted by atomic mass is 16.5. The summed E-state index contributed by atoms with van der Waals surface area (Å²) in [6.07, 6.45) is 0.0733. The summed E-state index contributed by atoms with van der Waals surface area (Å²) in [6, 6.07) is 7.57. The number of rotatable bonds is 6. The fraction of sp³-hybridized carbons (Fsp3) is 0.500. The minimum atomic E-state index is 0.0167. The van der Waals surface area contributed by atoms with Crippen LogP contribution in [-0.4, -0.2) is 30.1 Å². The summed E-state index contributed by atoms with van der Waals surface area (Å²) in [7, 11) is 0. The van der Waals surface area contributed by atoms with E-state index in [2.05, 4.69) is 0 Å². The minimum Gasteiger partial charge on any atom is -0.399 e. The Kier molecular flexibility index (Phi) is 5.65. The predicted octanol–water partition coefficient (Wildman–Crippen LogP) is 2.04. The van der Waals surface area contributed by atoms with Crippen molar-refractivity contribution in [2.75, 3.05) is 18.9 Å². The van der Waals surface area contributed by atoms with Crippen LogP contribution in [0.5, 0.6) is 0 Å². The zero-order valence-electron chi connectivity index (χ0n) is 11.3. The second-order valence-corrected chi connectivity index (χ2v) is 4.51. The second-order valence-electron chi connectivity index (χ2n) is 4.51. The topological polar surface area (TPSA) is 55.6 Å². The molecule has 4 nitrogen and oxygen atoms in total. The van der Waals surface area contributed by atoms with E-state index in [1.165, 1.54) is 0 Å². The van der Waals surface area contributed by atoms with Gasteiger partial charge in [0, 0.05) is 18.8 Å². The van der Waals surface area contributed by atoms with Gasteiger partial charge in [-0.1, -0.05) is 12.1 Å². The smallest absolute Gasteiger partial charge is 0.248 e. The lowest BCUT2D eigenvalue weighted by molar-refractivity contribution is -0.138. The molecule has 1 aromatic rings. The average Bonchev–Trinajstić information content (AvgIpc) is 2.35. The first-order chi connectivity index (χ1) is 8.52. The van der Waals surface area contributed by atoms with Crippen molar-refractivity contribution < 1.29 is 9.53 Å². The molecule has 2 N–H and O–H groups in total. The summed E-state index contributed by atoms with van der Waals surface area (Å²) in [5.41, 5.74) is 7.44. The van der Waals surface area contributed by atoms with E-state index in [0.717, 1.165) is 11.3 Å². The molecular formula is C14H22N2O2. The summed E-state index contributed by atoms with van der Waals surface area (Å²) >= 11 is 0. The molecule has 1 aromatic carbocycles. The number of amides is 1. The maximum absolute atomic E-state index is 11.9. The monoisotopic (exact) mass is 250 g/mol. The van der Waals surface area contributed by atoms with E-state index in [1.807, 2.05) is 45.0 Å². The van der Waals surface area contributed by atoms with Gasteiger partial charge in [-0.05, 0) is 38.5 Å². The second kappa shape index (κ2) is 7.01. The van der Waals surface area contributed by atoms with Crippen LogP contribution in [0.3, 0.4) is 0 Å². The fourth-order valence-electron chi connectivity index (χ4n) is 1.55. The third-order valence-electron chi connectivity index (χ3n) is 2.63. The highest BCUT2D eigenvalue weighted by Gasteiger charge is 2.12. The first kappa shape index (κ1) is 14.5. The van der Waals surface area contributed by atoms with Crippen molar-refractivity contribution in [3.63, 3.8) is 0 Å². The standard InChI is InChI=1S/C14H22N2O2/c1-4-16(14(17)10-18-11(2)3)9-12-5-7-13(15)8-6-12/h5-8,11H,4,9-10,15H2,1-3H3. The number of carbonyl (C=O) groups is 1. The van der Waals surface area contributed by atoms with Gasteiger partial charge in [-0.2, -0.15) is 0 Å². The molecular weight excluding hydrogens is 228 g/mol. The Hall–Kier alpha value is -1.55. The van der Waals surface area contributed by atoms with Crippen molar-refractivity contribution in [3.8, 4) is 0 Å². The Morgan fingerprint density at radius 1 is 1.33 bits per heavy atom. The van der Waals surface area contributed by atoms with Crippen LogP contribution in [-0.2, 0) is 16.1 Å². The lowest BCUT2D eigenvalue weighted by atomic mass is 10.2. The maximum Gasteiger partial charge on any atom is 0.248 e. The number of anilines is 1. The molecule has 0 radical (unpaired) electrons. The molecule has 0 saturated heterocycles. The van der Waals surface area contributed by atoms with Crippen molar-refractivity contribution >= 4 is 11.6 Å². The van der Waals surface area contributed by atoms with E-state index in [9.17, 15) is 4.79 Å². The van der Waals surface area contributed by atoms with Crippen molar-refractivity contribution in [1.82, 2.24) is 4.90 Å². The Bertz CT molecular complexity index is 374. The number of carbonyl (C=O) groups excluding carboxylic acids is 1. The van der Waals surface area contributed by atoms with Gasteiger partial charge in [-0.3, -0.25) is 4.79 Å². The molecule has 0 heterocycles. The van der Waals surface area contributed by atoms with E-state index in [0.29, 0.717) is 13.1 Å². The minimum absolute atomic E-state index is 0.0167. The normalized spacial score (nSPS) is 10.7. The molecule has 0 aliphatic heterocycles. The highest BCUT2D eigenvalue weighted by Crippen LogP contribution is 2.09. The molecule has 0 bridgehead atoms. The van der Waals surface area contributed by atoms with E-state index < -0.39 is 0 Å². The molecule has 0 saturated carbocycles. The van der Waals surface area contributed by atoms with Crippen LogP contribution in [0, 0.1) is 0 Å². The lowest BCUT2D eigenvalue weighted by Gasteiger charge is -2.21. The van der Waals surface area contributed by atoms with Gasteiger partial charge in [0.1, 0.15) is 6.61 Å². The van der Waals surface area contributed by atoms with Gasteiger partial charge in [0.25, 0.3) is 0 Å². The van der Waals surface area contributed by atoms with Crippen molar-refractivity contribution in [2.24, 2.45) is 0 Å². The van der Waals surface area contributed by atoms with Crippen LogP contribution in [0.15, 0.2) is 24.3 Å². The van der Waals surface area contributed by atoms with E-state index >= 15 is 0 Å². The number of nitrogens with two attached hydrogens (primary N) is 1. The van der Waals surface area contributed by atoms with E-state index in [1.54, 1.807) is 4.90 Å². The number of hydrogen-bond donors (Lipinski definition) is 1. The molecule has 0 unspecified atom stereocenters. The average molecular weight is 250 g/mol. The molecule has 18 heavy (non-hydrogen) atoms. The zero-order valence-corrected chi connectivity index (χ0v) is 11.3. The first-order valence-electron chi connectivity index (χ1n) is 6.26. The van der Waals surface area contributed by atoms with E-state index in [4.69, 9.17) is 10.5 Å². The van der Waals surface area contributed by atoms with E-state index in [-0.39, 0.29) is 18.6 Å². The summed E-state index contributed by atoms with van der Waals surface area (Å²) in [5, 5.41) is 0. The fourth-order valence-corrected chi connectivity index (χ4v) is 1.55. The quantitative estimate of drug-likeness (QED) is 0.786. The first-order valence-corrected chi connectivity index (χ1v) is 6.26. The largest absolute Gasteiger partial charge is 0.399 e. The van der Waals surface area contributed by atoms with Gasteiger partial charge in [-0.15, -0.1) is 0 Å². The summed E-state index contributed by atoms with van der Waals surface area (Å²) in [6.45, 7) is 7.21. The van der Waals surface area contributed by atoms with Gasteiger partial charge < -0.3 is 15.4 Å². The molecule has 0 atom stereocenters. The number of nitrogens with zero attached hydrogens (tertiary/aromatic N) is 1.